The Bertz CT molecular complexity index is 1320. The van der Waals surface area contributed by atoms with E-state index >= 15 is 0 Å². The second-order valence-electron chi connectivity index (χ2n) is 9.84. The lowest BCUT2D eigenvalue weighted by Gasteiger charge is -2.38. The predicted octanol–water partition coefficient (Wildman–Crippen LogP) is 5.76. The Kier molecular flexibility index (Phi) is 7.70. The minimum absolute atomic E-state index is 0.0820. The molecule has 2 atom stereocenters. The summed E-state index contributed by atoms with van der Waals surface area (Å²) in [5.74, 6) is -0.370. The Morgan fingerprint density at radius 1 is 0.919 bits per heavy atom. The lowest BCUT2D eigenvalue weighted by Crippen LogP contribution is -2.47. The molecule has 1 aliphatic rings. The number of benzene rings is 3. The highest BCUT2D eigenvalue weighted by Crippen LogP contribution is 2.31. The van der Waals surface area contributed by atoms with Crippen LogP contribution in [0.2, 0.25) is 0 Å². The van der Waals surface area contributed by atoms with Gasteiger partial charge in [0.25, 0.3) is 0 Å². The quantitative estimate of drug-likeness (QED) is 0.317. The van der Waals surface area contributed by atoms with Crippen LogP contribution in [0.4, 0.5) is 4.79 Å². The van der Waals surface area contributed by atoms with Gasteiger partial charge in [0.1, 0.15) is 0 Å². The van der Waals surface area contributed by atoms with Gasteiger partial charge in [-0.1, -0.05) is 72.8 Å². The van der Waals surface area contributed by atoms with E-state index in [0.29, 0.717) is 25.0 Å². The van der Waals surface area contributed by atoms with Gasteiger partial charge >= 0.3 is 11.8 Å². The number of nitrogens with zero attached hydrogens (tertiary/aromatic N) is 3. The molecule has 0 bridgehead atoms. The van der Waals surface area contributed by atoms with Crippen LogP contribution in [0.3, 0.4) is 0 Å². The molecule has 1 aromatic heterocycles. The maximum Gasteiger partial charge on any atom is 0.420 e. The summed E-state index contributed by atoms with van der Waals surface area (Å²) in [6.07, 6.45) is 1.92. The summed E-state index contributed by atoms with van der Waals surface area (Å²) in [5.41, 5.74) is 3.86. The molecule has 0 radical (unpaired) electrons. The molecule has 1 fully saturated rings. The lowest BCUT2D eigenvalue weighted by molar-refractivity contribution is 0.0847. The first-order valence-electron chi connectivity index (χ1n) is 13.0. The Labute approximate surface area is 216 Å². The van der Waals surface area contributed by atoms with Crippen LogP contribution in [-0.4, -0.2) is 44.7 Å². The van der Waals surface area contributed by atoms with E-state index in [-0.39, 0.29) is 17.8 Å². The molecule has 3 aromatic carbocycles. The number of piperidine rings is 1. The smallest absolute Gasteiger partial charge is 0.420 e. The standard InChI is InChI=1S/C30H33N3O4/c34-29(35)32-19-17-26(33-27-15-7-8-16-28(27)37-30(33)36)20-25(32)14-9-18-31(21-23-10-3-1-4-11-23)22-24-12-5-2-6-13-24/h1-8,10-13,15-16,25-26H,9,14,17-22H2,(H,34,35)/t25-,26-/m0/s1. The molecule has 1 saturated heterocycles. The van der Waals surface area contributed by atoms with Gasteiger partial charge in [-0.25, -0.2) is 9.59 Å². The van der Waals surface area contributed by atoms with Gasteiger partial charge in [0.05, 0.1) is 5.52 Å². The lowest BCUT2D eigenvalue weighted by atomic mass is 9.93. The summed E-state index contributed by atoms with van der Waals surface area (Å²) in [5, 5.41) is 9.88. The van der Waals surface area contributed by atoms with Gasteiger partial charge in [0.2, 0.25) is 0 Å². The largest absolute Gasteiger partial charge is 0.465 e. The summed E-state index contributed by atoms with van der Waals surface area (Å²) in [4.78, 5) is 28.7. The van der Waals surface area contributed by atoms with Crippen LogP contribution in [0, 0.1) is 0 Å². The average molecular weight is 500 g/mol. The number of carboxylic acid groups (broad SMARTS) is 1. The van der Waals surface area contributed by atoms with Gasteiger partial charge in [-0.2, -0.15) is 0 Å². The zero-order chi connectivity index (χ0) is 25.6. The maximum absolute atomic E-state index is 12.7. The second-order valence-corrected chi connectivity index (χ2v) is 9.84. The van der Waals surface area contributed by atoms with E-state index in [1.807, 2.05) is 30.3 Å². The third-order valence-corrected chi connectivity index (χ3v) is 7.33. The first kappa shape index (κ1) is 24.8. The predicted molar refractivity (Wildman–Crippen MR) is 143 cm³/mol. The van der Waals surface area contributed by atoms with Crippen molar-refractivity contribution < 1.29 is 14.3 Å². The van der Waals surface area contributed by atoms with Crippen molar-refractivity contribution in [1.82, 2.24) is 14.4 Å². The fourth-order valence-electron chi connectivity index (χ4n) is 5.57. The van der Waals surface area contributed by atoms with E-state index < -0.39 is 6.09 Å². The number of carbonyl (C=O) groups is 1. The normalized spacial score (nSPS) is 17.9. The van der Waals surface area contributed by atoms with Crippen molar-refractivity contribution in [2.75, 3.05) is 13.1 Å². The summed E-state index contributed by atoms with van der Waals surface area (Å²) < 4.78 is 7.18. The highest BCUT2D eigenvalue weighted by Gasteiger charge is 2.33. The van der Waals surface area contributed by atoms with Gasteiger partial charge in [-0.05, 0) is 55.5 Å². The molecular weight excluding hydrogens is 466 g/mol. The highest BCUT2D eigenvalue weighted by molar-refractivity contribution is 5.72. The van der Waals surface area contributed by atoms with Crippen molar-refractivity contribution in [1.29, 1.82) is 0 Å². The molecule has 0 aliphatic carbocycles. The van der Waals surface area contributed by atoms with Gasteiger partial charge in [0.15, 0.2) is 5.58 Å². The molecule has 0 saturated carbocycles. The molecule has 4 aromatic rings. The van der Waals surface area contributed by atoms with Gasteiger partial charge in [0, 0.05) is 31.7 Å². The van der Waals surface area contributed by atoms with Crippen LogP contribution >= 0.6 is 0 Å². The molecule has 0 unspecified atom stereocenters. The topological polar surface area (TPSA) is 78.9 Å². The van der Waals surface area contributed by atoms with E-state index in [0.717, 1.165) is 38.0 Å². The number of rotatable bonds is 9. The van der Waals surface area contributed by atoms with E-state index in [4.69, 9.17) is 4.42 Å². The van der Waals surface area contributed by atoms with Crippen molar-refractivity contribution in [3.8, 4) is 0 Å². The summed E-state index contributed by atoms with van der Waals surface area (Å²) >= 11 is 0. The molecule has 5 rings (SSSR count). The summed E-state index contributed by atoms with van der Waals surface area (Å²) in [6, 6.07) is 28.1. The minimum atomic E-state index is -0.890. The van der Waals surface area contributed by atoms with Crippen molar-refractivity contribution in [3.63, 3.8) is 0 Å². The minimum Gasteiger partial charge on any atom is -0.465 e. The third kappa shape index (κ3) is 5.94. The molecular formula is C30H33N3O4. The van der Waals surface area contributed by atoms with E-state index in [1.54, 1.807) is 15.5 Å². The third-order valence-electron chi connectivity index (χ3n) is 7.33. The number of hydrogen-bond donors (Lipinski definition) is 1. The van der Waals surface area contributed by atoms with Crippen molar-refractivity contribution >= 4 is 17.2 Å². The zero-order valence-electron chi connectivity index (χ0n) is 20.9. The monoisotopic (exact) mass is 499 g/mol. The van der Waals surface area contributed by atoms with E-state index in [2.05, 4.69) is 53.4 Å². The van der Waals surface area contributed by atoms with Crippen molar-refractivity contribution in [2.24, 2.45) is 0 Å². The molecule has 1 N–H and O–H groups in total. The molecule has 2 heterocycles. The number of fused-ring (bicyclic) bond motifs is 1. The fourth-order valence-corrected chi connectivity index (χ4v) is 5.57. The van der Waals surface area contributed by atoms with Crippen LogP contribution in [0.15, 0.2) is 94.1 Å². The number of oxazole rings is 1. The van der Waals surface area contributed by atoms with E-state index in [9.17, 15) is 14.7 Å². The van der Waals surface area contributed by atoms with Crippen LogP contribution in [0.1, 0.15) is 42.9 Å². The Morgan fingerprint density at radius 2 is 1.54 bits per heavy atom. The molecule has 1 amide bonds. The molecule has 1 aliphatic heterocycles. The number of amides is 1. The van der Waals surface area contributed by atoms with Crippen LogP contribution in [0.25, 0.3) is 11.1 Å². The van der Waals surface area contributed by atoms with Crippen LogP contribution < -0.4 is 5.76 Å². The van der Waals surface area contributed by atoms with Gasteiger partial charge < -0.3 is 14.4 Å². The Morgan fingerprint density at radius 3 is 2.19 bits per heavy atom. The number of para-hydroxylation sites is 2. The maximum atomic E-state index is 12.7. The van der Waals surface area contributed by atoms with Crippen molar-refractivity contribution in [2.45, 2.75) is 50.9 Å². The first-order valence-corrected chi connectivity index (χ1v) is 13.0. The molecule has 7 heteroatoms. The Balaban J connectivity index is 1.28. The van der Waals surface area contributed by atoms with Gasteiger partial charge in [-0.3, -0.25) is 9.47 Å². The molecule has 37 heavy (non-hydrogen) atoms. The van der Waals surface area contributed by atoms with Crippen LogP contribution in [0.5, 0.6) is 0 Å². The van der Waals surface area contributed by atoms with Crippen LogP contribution in [-0.2, 0) is 13.1 Å². The number of hydrogen-bond acceptors (Lipinski definition) is 4. The summed E-state index contributed by atoms with van der Waals surface area (Å²) in [6.45, 7) is 2.94. The number of aromatic nitrogens is 1. The average Bonchev–Trinajstić information content (AvgIpc) is 3.25. The van der Waals surface area contributed by atoms with Gasteiger partial charge in [-0.15, -0.1) is 0 Å². The number of likely N-dealkylation sites (tertiary alicyclic amines) is 1. The second kappa shape index (κ2) is 11.5. The molecule has 192 valence electrons. The SMILES string of the molecule is O=C(O)N1CC[C@H](n2c(=O)oc3ccccc32)C[C@@H]1CCCN(Cc1ccccc1)Cc1ccccc1. The first-order chi connectivity index (χ1) is 18.1. The summed E-state index contributed by atoms with van der Waals surface area (Å²) in [7, 11) is 0. The Hall–Kier alpha value is -3.84. The highest BCUT2D eigenvalue weighted by atomic mass is 16.4. The fraction of sp³-hybridized carbons (Fsp3) is 0.333. The van der Waals surface area contributed by atoms with Crippen molar-refractivity contribution in [3.05, 3.63) is 107 Å². The molecule has 0 spiro atoms. The zero-order valence-corrected chi connectivity index (χ0v) is 20.9. The van der Waals surface area contributed by atoms with E-state index in [1.165, 1.54) is 11.1 Å². The molecule has 7 nitrogen and oxygen atoms in total.